The minimum Gasteiger partial charge on any atom is -0.309 e. The molecule has 0 fully saturated rings. The Labute approximate surface area is 172 Å². The minimum atomic E-state index is -0.324. The van der Waals surface area contributed by atoms with Crippen molar-refractivity contribution in [2.75, 3.05) is 11.9 Å². The van der Waals surface area contributed by atoms with Gasteiger partial charge in [0.05, 0.1) is 21.7 Å². The van der Waals surface area contributed by atoms with Gasteiger partial charge in [0.1, 0.15) is 0 Å². The second-order valence-corrected chi connectivity index (χ2v) is 8.11. The molecule has 0 bridgehead atoms. The van der Waals surface area contributed by atoms with Gasteiger partial charge in [0.15, 0.2) is 5.82 Å². The Bertz CT molecular complexity index is 1060. The lowest BCUT2D eigenvalue weighted by atomic mass is 10.1. The van der Waals surface area contributed by atoms with E-state index in [1.807, 2.05) is 17.5 Å². The molecule has 0 saturated carbocycles. The van der Waals surface area contributed by atoms with Crippen molar-refractivity contribution in [1.82, 2.24) is 15.1 Å². The van der Waals surface area contributed by atoms with Gasteiger partial charge in [0.25, 0.3) is 11.8 Å². The summed E-state index contributed by atoms with van der Waals surface area (Å²) in [5.41, 5.74) is 1.62. The van der Waals surface area contributed by atoms with Gasteiger partial charge in [-0.15, -0.1) is 11.3 Å². The van der Waals surface area contributed by atoms with Crippen LogP contribution < -0.4 is 5.32 Å². The van der Waals surface area contributed by atoms with E-state index in [0.29, 0.717) is 23.4 Å². The predicted octanol–water partition coefficient (Wildman–Crippen LogP) is 3.92. The lowest BCUT2D eigenvalue weighted by Crippen LogP contribution is -2.31. The number of halogens is 1. The third-order valence-electron chi connectivity index (χ3n) is 4.35. The van der Waals surface area contributed by atoms with Crippen molar-refractivity contribution in [2.24, 2.45) is 0 Å². The van der Waals surface area contributed by atoms with E-state index in [-0.39, 0.29) is 30.7 Å². The van der Waals surface area contributed by atoms with Gasteiger partial charge in [-0.25, -0.2) is 0 Å². The van der Waals surface area contributed by atoms with E-state index in [4.69, 9.17) is 0 Å². The van der Waals surface area contributed by atoms with Crippen LogP contribution in [0.25, 0.3) is 10.6 Å². The quantitative estimate of drug-likeness (QED) is 0.547. The van der Waals surface area contributed by atoms with Crippen LogP contribution in [0.2, 0.25) is 0 Å². The normalized spacial score (nSPS) is 13.1. The van der Waals surface area contributed by atoms with Gasteiger partial charge in [-0.2, -0.15) is 5.10 Å². The number of H-pyrrole nitrogens is 1. The summed E-state index contributed by atoms with van der Waals surface area (Å²) in [6.45, 7) is 0.193. The molecule has 1 aliphatic heterocycles. The highest BCUT2D eigenvalue weighted by atomic mass is 79.9. The Morgan fingerprint density at radius 2 is 2.00 bits per heavy atom. The van der Waals surface area contributed by atoms with E-state index in [1.54, 1.807) is 35.6 Å². The number of imide groups is 1. The summed E-state index contributed by atoms with van der Waals surface area (Å²) in [6.07, 6.45) is 0.555. The molecule has 1 aliphatic rings. The monoisotopic (exact) mass is 458 g/mol. The number of fused-ring (bicyclic) bond motifs is 1. The number of hydrogen-bond donors (Lipinski definition) is 2. The second kappa shape index (κ2) is 7.69. The maximum absolute atomic E-state index is 12.4. The molecule has 0 unspecified atom stereocenters. The lowest BCUT2D eigenvalue weighted by Gasteiger charge is -2.13. The van der Waals surface area contributed by atoms with Crippen molar-refractivity contribution in [3.8, 4) is 10.6 Å². The molecule has 7 nitrogen and oxygen atoms in total. The fourth-order valence-electron chi connectivity index (χ4n) is 3.01. The van der Waals surface area contributed by atoms with Gasteiger partial charge in [0.2, 0.25) is 5.91 Å². The maximum atomic E-state index is 12.4. The summed E-state index contributed by atoms with van der Waals surface area (Å²) in [4.78, 5) is 39.2. The zero-order valence-corrected chi connectivity index (χ0v) is 17.0. The molecule has 142 valence electrons. The largest absolute Gasteiger partial charge is 0.309 e. The molecule has 0 radical (unpaired) electrons. The number of thiophene rings is 1. The summed E-state index contributed by atoms with van der Waals surface area (Å²) in [6, 6.07) is 10.7. The van der Waals surface area contributed by atoms with Crippen LogP contribution in [0.1, 0.15) is 33.6 Å². The number of nitrogens with zero attached hydrogens (tertiary/aromatic N) is 2. The van der Waals surface area contributed by atoms with Crippen LogP contribution >= 0.6 is 27.3 Å². The summed E-state index contributed by atoms with van der Waals surface area (Å²) in [5.74, 6) is -0.419. The van der Waals surface area contributed by atoms with Gasteiger partial charge in [-0.1, -0.05) is 22.0 Å². The van der Waals surface area contributed by atoms with E-state index < -0.39 is 0 Å². The second-order valence-electron chi connectivity index (χ2n) is 6.25. The number of anilines is 1. The van der Waals surface area contributed by atoms with E-state index in [9.17, 15) is 14.4 Å². The lowest BCUT2D eigenvalue weighted by molar-refractivity contribution is -0.116. The first-order valence-corrected chi connectivity index (χ1v) is 10.2. The Morgan fingerprint density at radius 1 is 1.18 bits per heavy atom. The van der Waals surface area contributed by atoms with Crippen LogP contribution in [0, 0.1) is 0 Å². The molecule has 0 atom stereocenters. The van der Waals surface area contributed by atoms with Gasteiger partial charge in [-0.3, -0.25) is 24.4 Å². The Hall–Kier alpha value is -2.78. The van der Waals surface area contributed by atoms with Crippen molar-refractivity contribution in [3.63, 3.8) is 0 Å². The highest BCUT2D eigenvalue weighted by Crippen LogP contribution is 2.26. The molecule has 2 N–H and O–H groups in total. The van der Waals surface area contributed by atoms with Crippen LogP contribution in [0.4, 0.5) is 5.82 Å². The molecule has 0 saturated heterocycles. The molecule has 0 aliphatic carbocycles. The molecule has 1 aromatic carbocycles. The number of hydrogen-bond acceptors (Lipinski definition) is 5. The number of carbonyl (C=O) groups excluding carboxylic acids is 3. The van der Waals surface area contributed by atoms with Crippen LogP contribution in [0.5, 0.6) is 0 Å². The molecular formula is C19H15BrN4O3S. The van der Waals surface area contributed by atoms with E-state index in [2.05, 4.69) is 31.4 Å². The van der Waals surface area contributed by atoms with Gasteiger partial charge >= 0.3 is 0 Å². The Kier molecular flexibility index (Phi) is 5.10. The van der Waals surface area contributed by atoms with Gasteiger partial charge in [0, 0.05) is 23.5 Å². The van der Waals surface area contributed by atoms with E-state index in [0.717, 1.165) is 15.0 Å². The molecular weight excluding hydrogens is 444 g/mol. The van der Waals surface area contributed by atoms with Gasteiger partial charge < -0.3 is 5.32 Å². The molecule has 3 heterocycles. The van der Waals surface area contributed by atoms with Crippen LogP contribution in [-0.2, 0) is 4.79 Å². The number of aromatic amines is 1. The summed E-state index contributed by atoms with van der Waals surface area (Å²) >= 11 is 4.88. The first-order chi connectivity index (χ1) is 13.5. The van der Waals surface area contributed by atoms with E-state index >= 15 is 0 Å². The average Bonchev–Trinajstić information content (AvgIpc) is 3.39. The highest BCUT2D eigenvalue weighted by molar-refractivity contribution is 9.10. The number of aromatic nitrogens is 2. The van der Waals surface area contributed by atoms with Crippen molar-refractivity contribution >= 4 is 50.8 Å². The number of benzene rings is 1. The predicted molar refractivity (Wildman–Crippen MR) is 109 cm³/mol. The Balaban J connectivity index is 1.30. The minimum absolute atomic E-state index is 0.179. The van der Waals surface area contributed by atoms with Crippen molar-refractivity contribution in [1.29, 1.82) is 0 Å². The summed E-state index contributed by atoms with van der Waals surface area (Å²) < 4.78 is 0.745. The topological polar surface area (TPSA) is 95.2 Å². The molecule has 0 spiro atoms. The fourth-order valence-corrected chi connectivity index (χ4v) is 4.07. The molecule has 9 heteroatoms. The number of carbonyl (C=O) groups is 3. The first kappa shape index (κ1) is 18.6. The molecule has 3 aromatic rings. The number of rotatable bonds is 6. The fraction of sp³-hybridized carbons (Fsp3) is 0.158. The third kappa shape index (κ3) is 3.63. The molecule has 4 rings (SSSR count). The number of amides is 3. The van der Waals surface area contributed by atoms with Gasteiger partial charge in [-0.05, 0) is 36.1 Å². The summed E-state index contributed by atoms with van der Waals surface area (Å²) in [7, 11) is 0. The first-order valence-electron chi connectivity index (χ1n) is 8.58. The van der Waals surface area contributed by atoms with Crippen LogP contribution in [0.15, 0.2) is 46.3 Å². The SMILES string of the molecule is O=C(CCCN1C(=O)c2ccc(Br)cc2C1=O)Nc1cc(-c2cccs2)[nH]n1. The van der Waals surface area contributed by atoms with E-state index in [1.165, 1.54) is 4.90 Å². The standard InChI is InChI=1S/C19H15BrN4O3S/c20-11-5-6-12-13(9-11)19(27)24(18(12)26)7-1-4-17(25)21-16-10-14(22-23-16)15-3-2-8-28-15/h2-3,5-6,8-10H,1,4,7H2,(H2,21,22,23,25). The highest BCUT2D eigenvalue weighted by Gasteiger charge is 2.35. The molecule has 28 heavy (non-hydrogen) atoms. The van der Waals surface area contributed by atoms with Crippen molar-refractivity contribution in [2.45, 2.75) is 12.8 Å². The summed E-state index contributed by atoms with van der Waals surface area (Å²) in [5, 5.41) is 11.7. The maximum Gasteiger partial charge on any atom is 0.261 e. The zero-order valence-electron chi connectivity index (χ0n) is 14.6. The van der Waals surface area contributed by atoms with Crippen LogP contribution in [0.3, 0.4) is 0 Å². The van der Waals surface area contributed by atoms with Crippen LogP contribution in [-0.4, -0.2) is 39.4 Å². The molecule has 2 aromatic heterocycles. The smallest absolute Gasteiger partial charge is 0.261 e. The Morgan fingerprint density at radius 3 is 2.79 bits per heavy atom. The van der Waals surface area contributed by atoms with Crippen molar-refractivity contribution in [3.05, 3.63) is 57.4 Å². The van der Waals surface area contributed by atoms with Crippen molar-refractivity contribution < 1.29 is 14.4 Å². The average molecular weight is 459 g/mol. The zero-order chi connectivity index (χ0) is 19.7. The molecule has 3 amide bonds. The third-order valence-corrected chi connectivity index (χ3v) is 5.75. The number of nitrogens with one attached hydrogen (secondary N) is 2.